The lowest BCUT2D eigenvalue weighted by Gasteiger charge is -2.37. The molecule has 4 heteroatoms. The third kappa shape index (κ3) is 4.31. The lowest BCUT2D eigenvalue weighted by atomic mass is 10.0. The second-order valence-electron chi connectivity index (χ2n) is 7.76. The predicted molar refractivity (Wildman–Crippen MR) is 102 cm³/mol. The lowest BCUT2D eigenvalue weighted by molar-refractivity contribution is 0.113. The van der Waals surface area contributed by atoms with E-state index in [0.717, 1.165) is 19.5 Å². The van der Waals surface area contributed by atoms with Gasteiger partial charge < -0.3 is 9.47 Å². The molecule has 0 N–H and O–H groups in total. The summed E-state index contributed by atoms with van der Waals surface area (Å²) in [5.74, 6) is 0. The smallest absolute Gasteiger partial charge is 0.0951 e. The fourth-order valence-electron chi connectivity index (χ4n) is 4.01. The van der Waals surface area contributed by atoms with Crippen LogP contribution in [0.5, 0.6) is 0 Å². The summed E-state index contributed by atoms with van der Waals surface area (Å²) in [5.41, 5.74) is 2.84. The molecule has 2 heterocycles. The minimum atomic E-state index is 0.697. The van der Waals surface area contributed by atoms with E-state index in [1.165, 1.54) is 50.0 Å². The van der Waals surface area contributed by atoms with E-state index in [-0.39, 0.29) is 0 Å². The molecule has 4 rings (SSSR count). The summed E-state index contributed by atoms with van der Waals surface area (Å²) in [6.07, 6.45) is 10.5. The first-order valence-corrected chi connectivity index (χ1v) is 9.77. The molecule has 0 atom stereocenters. The maximum Gasteiger partial charge on any atom is 0.0951 e. The SMILES string of the molecule is CN1CCC(N(CCc2ccccc2)Cc2cncn2C2CC2)CC1. The van der Waals surface area contributed by atoms with Gasteiger partial charge in [0.05, 0.1) is 12.0 Å². The Balaban J connectivity index is 1.45. The van der Waals surface area contributed by atoms with E-state index in [9.17, 15) is 0 Å². The number of imidazole rings is 1. The molecule has 0 unspecified atom stereocenters. The standard InChI is InChI=1S/C21H30N4/c1-23-12-10-19(11-13-23)24(14-9-18-5-3-2-4-6-18)16-21-15-22-17-25(21)20-7-8-20/h2-6,15,17,19-20H,7-14,16H2,1H3. The normalized spacial score (nSPS) is 19.6. The molecule has 134 valence electrons. The van der Waals surface area contributed by atoms with E-state index in [4.69, 9.17) is 0 Å². The highest BCUT2D eigenvalue weighted by molar-refractivity contribution is 5.15. The minimum absolute atomic E-state index is 0.697. The molecular formula is C21H30N4. The Kier molecular flexibility index (Phi) is 5.18. The molecule has 1 aliphatic carbocycles. The number of piperidine rings is 1. The molecule has 1 saturated carbocycles. The molecule has 2 fully saturated rings. The molecule has 1 saturated heterocycles. The van der Waals surface area contributed by atoms with Gasteiger partial charge in [0.25, 0.3) is 0 Å². The number of hydrogen-bond donors (Lipinski definition) is 0. The fraction of sp³-hybridized carbons (Fsp3) is 0.571. The Morgan fingerprint density at radius 3 is 2.56 bits per heavy atom. The topological polar surface area (TPSA) is 24.3 Å². The van der Waals surface area contributed by atoms with E-state index in [1.807, 2.05) is 6.33 Å². The van der Waals surface area contributed by atoms with Crippen molar-refractivity contribution < 1.29 is 0 Å². The predicted octanol–water partition coefficient (Wildman–Crippen LogP) is 3.36. The van der Waals surface area contributed by atoms with Crippen molar-refractivity contribution in [1.29, 1.82) is 0 Å². The first kappa shape index (κ1) is 16.8. The van der Waals surface area contributed by atoms with E-state index < -0.39 is 0 Å². The minimum Gasteiger partial charge on any atom is -0.330 e. The molecule has 1 aromatic heterocycles. The van der Waals surface area contributed by atoms with E-state index >= 15 is 0 Å². The quantitative estimate of drug-likeness (QED) is 0.774. The zero-order chi connectivity index (χ0) is 17.1. The van der Waals surface area contributed by atoms with Gasteiger partial charge in [0.1, 0.15) is 0 Å². The Bertz CT molecular complexity index is 654. The largest absolute Gasteiger partial charge is 0.330 e. The number of aromatic nitrogens is 2. The van der Waals surface area contributed by atoms with Gasteiger partial charge in [-0.25, -0.2) is 4.98 Å². The van der Waals surface area contributed by atoms with Gasteiger partial charge in [0.2, 0.25) is 0 Å². The average molecular weight is 338 g/mol. The number of benzene rings is 1. The van der Waals surface area contributed by atoms with Crippen molar-refractivity contribution in [2.24, 2.45) is 0 Å². The second-order valence-corrected chi connectivity index (χ2v) is 7.76. The van der Waals surface area contributed by atoms with Crippen molar-refractivity contribution in [2.75, 3.05) is 26.7 Å². The van der Waals surface area contributed by atoms with Gasteiger partial charge in [0.15, 0.2) is 0 Å². The highest BCUT2D eigenvalue weighted by Crippen LogP contribution is 2.36. The maximum absolute atomic E-state index is 4.44. The Morgan fingerprint density at radius 2 is 1.84 bits per heavy atom. The van der Waals surface area contributed by atoms with Crippen molar-refractivity contribution in [3.05, 3.63) is 54.1 Å². The van der Waals surface area contributed by atoms with Gasteiger partial charge in [0, 0.05) is 31.4 Å². The first-order valence-electron chi connectivity index (χ1n) is 9.77. The molecule has 0 amide bonds. The van der Waals surface area contributed by atoms with Crippen LogP contribution >= 0.6 is 0 Å². The van der Waals surface area contributed by atoms with Crippen LogP contribution < -0.4 is 0 Å². The van der Waals surface area contributed by atoms with Crippen molar-refractivity contribution >= 4 is 0 Å². The Hall–Kier alpha value is -1.65. The summed E-state index contributed by atoms with van der Waals surface area (Å²) in [6, 6.07) is 12.3. The fourth-order valence-corrected chi connectivity index (χ4v) is 4.01. The molecule has 25 heavy (non-hydrogen) atoms. The summed E-state index contributed by atoms with van der Waals surface area (Å²) in [6.45, 7) is 4.61. The highest BCUT2D eigenvalue weighted by Gasteiger charge is 2.28. The van der Waals surface area contributed by atoms with Crippen LogP contribution in [0, 0.1) is 0 Å². The van der Waals surface area contributed by atoms with Crippen LogP contribution in [0.15, 0.2) is 42.9 Å². The summed E-state index contributed by atoms with van der Waals surface area (Å²) in [4.78, 5) is 9.62. The molecule has 1 aliphatic heterocycles. The lowest BCUT2D eigenvalue weighted by Crippen LogP contribution is -2.44. The molecule has 1 aromatic carbocycles. The van der Waals surface area contributed by atoms with Gasteiger partial charge in [-0.3, -0.25) is 4.90 Å². The van der Waals surface area contributed by atoms with Crippen LogP contribution in [0.4, 0.5) is 0 Å². The first-order chi connectivity index (χ1) is 12.3. The van der Waals surface area contributed by atoms with Gasteiger partial charge >= 0.3 is 0 Å². The summed E-state index contributed by atoms with van der Waals surface area (Å²) in [5, 5.41) is 0. The molecule has 0 spiro atoms. The van der Waals surface area contributed by atoms with Gasteiger partial charge in [-0.15, -0.1) is 0 Å². The van der Waals surface area contributed by atoms with Crippen LogP contribution in [-0.2, 0) is 13.0 Å². The summed E-state index contributed by atoms with van der Waals surface area (Å²) >= 11 is 0. The van der Waals surface area contributed by atoms with Gasteiger partial charge in [-0.1, -0.05) is 30.3 Å². The summed E-state index contributed by atoms with van der Waals surface area (Å²) in [7, 11) is 2.24. The molecule has 2 aromatic rings. The van der Waals surface area contributed by atoms with Crippen molar-refractivity contribution in [1.82, 2.24) is 19.4 Å². The van der Waals surface area contributed by atoms with E-state index in [0.29, 0.717) is 12.1 Å². The summed E-state index contributed by atoms with van der Waals surface area (Å²) < 4.78 is 2.42. The van der Waals surface area contributed by atoms with Gasteiger partial charge in [-0.2, -0.15) is 0 Å². The van der Waals surface area contributed by atoms with Crippen LogP contribution in [0.1, 0.15) is 43.0 Å². The van der Waals surface area contributed by atoms with Crippen molar-refractivity contribution in [3.8, 4) is 0 Å². The Morgan fingerprint density at radius 1 is 1.08 bits per heavy atom. The molecule has 0 bridgehead atoms. The molecule has 2 aliphatic rings. The number of likely N-dealkylation sites (tertiary alicyclic amines) is 1. The van der Waals surface area contributed by atoms with Crippen LogP contribution in [0.3, 0.4) is 0 Å². The molecular weight excluding hydrogens is 308 g/mol. The number of rotatable bonds is 7. The molecule has 4 nitrogen and oxygen atoms in total. The van der Waals surface area contributed by atoms with Gasteiger partial charge in [-0.05, 0) is 57.8 Å². The maximum atomic E-state index is 4.44. The van der Waals surface area contributed by atoms with Crippen molar-refractivity contribution in [2.45, 2.75) is 50.7 Å². The Labute approximate surface area is 151 Å². The number of hydrogen-bond acceptors (Lipinski definition) is 3. The third-order valence-electron chi connectivity index (χ3n) is 5.79. The van der Waals surface area contributed by atoms with E-state index in [2.05, 4.69) is 62.9 Å². The van der Waals surface area contributed by atoms with Crippen LogP contribution in [-0.4, -0.2) is 52.1 Å². The average Bonchev–Trinajstić information content (AvgIpc) is 3.39. The third-order valence-corrected chi connectivity index (χ3v) is 5.79. The number of nitrogens with zero attached hydrogens (tertiary/aromatic N) is 4. The van der Waals surface area contributed by atoms with E-state index in [1.54, 1.807) is 0 Å². The molecule has 0 radical (unpaired) electrons. The zero-order valence-corrected chi connectivity index (χ0v) is 15.3. The van der Waals surface area contributed by atoms with Crippen LogP contribution in [0.2, 0.25) is 0 Å². The highest BCUT2D eigenvalue weighted by atomic mass is 15.2. The van der Waals surface area contributed by atoms with Crippen LogP contribution in [0.25, 0.3) is 0 Å². The van der Waals surface area contributed by atoms with Crippen molar-refractivity contribution in [3.63, 3.8) is 0 Å². The second kappa shape index (κ2) is 7.71. The monoisotopic (exact) mass is 338 g/mol. The zero-order valence-electron chi connectivity index (χ0n) is 15.3.